The van der Waals surface area contributed by atoms with Gasteiger partial charge in [-0.3, -0.25) is 0 Å². The molecule has 0 saturated carbocycles. The number of alkyl halides is 1. The molecule has 4 aromatic rings. The average molecular weight is 448 g/mol. The highest BCUT2D eigenvalue weighted by Crippen LogP contribution is 2.32. The van der Waals surface area contributed by atoms with Crippen molar-refractivity contribution in [2.45, 2.75) is 5.60 Å². The molecule has 1 atom stereocenters. The second-order valence-electron chi connectivity index (χ2n) is 8.19. The fraction of sp³-hybridized carbons (Fsp3) is 0.269. The summed E-state index contributed by atoms with van der Waals surface area (Å²) >= 11 is 0. The number of aliphatic hydroxyl groups is 1. The van der Waals surface area contributed by atoms with Crippen LogP contribution < -0.4 is 9.64 Å². The summed E-state index contributed by atoms with van der Waals surface area (Å²) in [6.45, 7) is 1.65. The van der Waals surface area contributed by atoms with E-state index in [9.17, 15) is 9.50 Å². The van der Waals surface area contributed by atoms with Gasteiger partial charge in [-0.1, -0.05) is 36.4 Å². The minimum Gasteiger partial charge on any atom is -0.488 e. The SMILES string of the molecule is OC(CF)(COc1ccccc1N1CCOCC1)c1ccc2c(cnn2-c2ccccc2)c1. The Labute approximate surface area is 191 Å². The Morgan fingerprint density at radius 3 is 2.55 bits per heavy atom. The monoisotopic (exact) mass is 447 g/mol. The molecule has 0 aliphatic carbocycles. The Balaban J connectivity index is 1.39. The Morgan fingerprint density at radius 2 is 1.76 bits per heavy atom. The van der Waals surface area contributed by atoms with E-state index in [1.165, 1.54) is 0 Å². The first-order chi connectivity index (χ1) is 16.2. The maximum Gasteiger partial charge on any atom is 0.152 e. The largest absolute Gasteiger partial charge is 0.488 e. The number of nitrogens with zero attached hydrogens (tertiary/aromatic N) is 3. The van der Waals surface area contributed by atoms with Gasteiger partial charge >= 0.3 is 0 Å². The van der Waals surface area contributed by atoms with Crippen molar-refractivity contribution in [3.05, 3.63) is 84.6 Å². The van der Waals surface area contributed by atoms with Gasteiger partial charge in [-0.05, 0) is 42.0 Å². The van der Waals surface area contributed by atoms with Crippen LogP contribution in [0.1, 0.15) is 5.56 Å². The highest BCUT2D eigenvalue weighted by Gasteiger charge is 2.32. The van der Waals surface area contributed by atoms with Gasteiger partial charge in [0.25, 0.3) is 0 Å². The predicted molar refractivity (Wildman–Crippen MR) is 126 cm³/mol. The van der Waals surface area contributed by atoms with Crippen LogP contribution in [0, 0.1) is 0 Å². The van der Waals surface area contributed by atoms with Gasteiger partial charge in [-0.2, -0.15) is 5.10 Å². The Morgan fingerprint density at radius 1 is 1.00 bits per heavy atom. The Bertz CT molecular complexity index is 1220. The van der Waals surface area contributed by atoms with Gasteiger partial charge < -0.3 is 19.5 Å². The highest BCUT2D eigenvalue weighted by molar-refractivity contribution is 5.81. The van der Waals surface area contributed by atoms with Crippen LogP contribution in [0.3, 0.4) is 0 Å². The molecule has 1 N–H and O–H groups in total. The van der Waals surface area contributed by atoms with E-state index >= 15 is 0 Å². The van der Waals surface area contributed by atoms with Gasteiger partial charge in [0.05, 0.1) is 36.3 Å². The van der Waals surface area contributed by atoms with E-state index in [1.807, 2.05) is 65.3 Å². The molecule has 1 aromatic heterocycles. The summed E-state index contributed by atoms with van der Waals surface area (Å²) in [5, 5.41) is 16.5. The van der Waals surface area contributed by atoms with Crippen LogP contribution in [0.2, 0.25) is 0 Å². The molecule has 0 spiro atoms. The van der Waals surface area contributed by atoms with E-state index in [1.54, 1.807) is 18.3 Å². The molecule has 1 aliphatic rings. The van der Waals surface area contributed by atoms with Gasteiger partial charge in [0.15, 0.2) is 5.60 Å². The number of benzene rings is 3. The zero-order valence-electron chi connectivity index (χ0n) is 18.2. The molecule has 1 fully saturated rings. The van der Waals surface area contributed by atoms with Crippen molar-refractivity contribution in [1.29, 1.82) is 0 Å². The lowest BCUT2D eigenvalue weighted by atomic mass is 9.95. The summed E-state index contributed by atoms with van der Waals surface area (Å²) in [5.74, 6) is 0.615. The number of halogens is 1. The van der Waals surface area contributed by atoms with E-state index in [4.69, 9.17) is 9.47 Å². The summed E-state index contributed by atoms with van der Waals surface area (Å²) in [5.41, 5.74) is 1.41. The van der Waals surface area contributed by atoms with Crippen molar-refractivity contribution in [3.8, 4) is 11.4 Å². The third-order valence-corrected chi connectivity index (χ3v) is 6.01. The maximum atomic E-state index is 14.2. The molecule has 1 unspecified atom stereocenters. The summed E-state index contributed by atoms with van der Waals surface area (Å²) in [4.78, 5) is 2.18. The minimum absolute atomic E-state index is 0.205. The van der Waals surface area contributed by atoms with Gasteiger partial charge in [-0.25, -0.2) is 9.07 Å². The summed E-state index contributed by atoms with van der Waals surface area (Å²) in [6, 6.07) is 22.8. The topological polar surface area (TPSA) is 59.8 Å². The molecule has 0 bridgehead atoms. The summed E-state index contributed by atoms with van der Waals surface area (Å²) < 4.78 is 27.4. The number of morpholine rings is 1. The molecule has 7 heteroatoms. The van der Waals surface area contributed by atoms with Crippen molar-refractivity contribution in [2.24, 2.45) is 0 Å². The van der Waals surface area contributed by atoms with Crippen molar-refractivity contribution in [3.63, 3.8) is 0 Å². The highest BCUT2D eigenvalue weighted by atomic mass is 19.1. The number of anilines is 1. The van der Waals surface area contributed by atoms with Crippen LogP contribution >= 0.6 is 0 Å². The fourth-order valence-corrected chi connectivity index (χ4v) is 4.14. The molecule has 5 rings (SSSR count). The second-order valence-corrected chi connectivity index (χ2v) is 8.19. The molecule has 2 heterocycles. The third-order valence-electron chi connectivity index (χ3n) is 6.01. The van der Waals surface area contributed by atoms with E-state index in [0.29, 0.717) is 24.5 Å². The molecule has 0 amide bonds. The molecule has 3 aromatic carbocycles. The number of hydrogen-bond donors (Lipinski definition) is 1. The first-order valence-corrected chi connectivity index (χ1v) is 11.0. The van der Waals surface area contributed by atoms with Crippen molar-refractivity contribution in [2.75, 3.05) is 44.5 Å². The molecular formula is C26H26FN3O3. The van der Waals surface area contributed by atoms with Gasteiger partial charge in [0.2, 0.25) is 0 Å². The number of fused-ring (bicyclic) bond motifs is 1. The molecule has 1 saturated heterocycles. The number of aromatic nitrogens is 2. The quantitative estimate of drug-likeness (QED) is 0.462. The van der Waals surface area contributed by atoms with E-state index in [2.05, 4.69) is 10.00 Å². The van der Waals surface area contributed by atoms with Gasteiger partial charge in [0, 0.05) is 18.5 Å². The summed E-state index contributed by atoms with van der Waals surface area (Å²) in [7, 11) is 0. The number of hydrogen-bond acceptors (Lipinski definition) is 5. The zero-order valence-corrected chi connectivity index (χ0v) is 18.2. The standard InChI is InChI=1S/C26H26FN3O3/c27-18-26(31,19-33-25-9-5-4-8-24(25)29-12-14-32-15-13-29)21-10-11-23-20(16-21)17-28-30(23)22-6-2-1-3-7-22/h1-11,16-17,31H,12-15,18-19H2. The first-order valence-electron chi connectivity index (χ1n) is 11.0. The summed E-state index contributed by atoms with van der Waals surface area (Å²) in [6.07, 6.45) is 1.72. The molecular weight excluding hydrogens is 421 g/mol. The van der Waals surface area contributed by atoms with E-state index < -0.39 is 12.3 Å². The molecule has 170 valence electrons. The maximum absolute atomic E-state index is 14.2. The van der Waals surface area contributed by atoms with Crippen LogP contribution in [0.5, 0.6) is 5.75 Å². The second kappa shape index (κ2) is 9.21. The predicted octanol–water partition coefficient (Wildman–Crippen LogP) is 4.10. The fourth-order valence-electron chi connectivity index (χ4n) is 4.14. The number of para-hydroxylation sites is 3. The van der Waals surface area contributed by atoms with E-state index in [0.717, 1.165) is 35.4 Å². The molecule has 1 aliphatic heterocycles. The third kappa shape index (κ3) is 4.29. The van der Waals surface area contributed by atoms with Crippen LogP contribution in [0.4, 0.5) is 10.1 Å². The zero-order chi connectivity index (χ0) is 22.7. The average Bonchev–Trinajstić information content (AvgIpc) is 3.32. The molecule has 6 nitrogen and oxygen atoms in total. The van der Waals surface area contributed by atoms with Crippen LogP contribution in [0.25, 0.3) is 16.6 Å². The number of rotatable bonds is 7. The van der Waals surface area contributed by atoms with Crippen LogP contribution in [0.15, 0.2) is 79.0 Å². The first kappa shape index (κ1) is 21.4. The van der Waals surface area contributed by atoms with Gasteiger partial charge in [-0.15, -0.1) is 0 Å². The lowest BCUT2D eigenvalue weighted by Gasteiger charge is -2.31. The Kier molecular flexibility index (Phi) is 5.98. The Hall–Kier alpha value is -3.42. The van der Waals surface area contributed by atoms with Crippen LogP contribution in [-0.2, 0) is 10.3 Å². The van der Waals surface area contributed by atoms with E-state index in [-0.39, 0.29) is 6.61 Å². The smallest absolute Gasteiger partial charge is 0.152 e. The normalized spacial score (nSPS) is 16.0. The van der Waals surface area contributed by atoms with Gasteiger partial charge in [0.1, 0.15) is 19.0 Å². The van der Waals surface area contributed by atoms with Crippen molar-refractivity contribution < 1.29 is 19.0 Å². The lowest BCUT2D eigenvalue weighted by molar-refractivity contribution is -0.0288. The number of ether oxygens (including phenoxy) is 2. The molecule has 33 heavy (non-hydrogen) atoms. The van der Waals surface area contributed by atoms with Crippen LogP contribution in [-0.4, -0.2) is 54.5 Å². The lowest BCUT2D eigenvalue weighted by Crippen LogP contribution is -2.38. The minimum atomic E-state index is -1.78. The van der Waals surface area contributed by atoms with Crippen molar-refractivity contribution >= 4 is 16.6 Å². The van der Waals surface area contributed by atoms with Crippen molar-refractivity contribution in [1.82, 2.24) is 9.78 Å². The molecule has 0 radical (unpaired) electrons.